The minimum atomic E-state index is -0.631. The molecule has 0 heterocycles. The van der Waals surface area contributed by atoms with E-state index in [-0.39, 0.29) is 19.1 Å². The number of para-hydroxylation sites is 1. The largest absolute Gasteiger partial charge is 0.483 e. The average Bonchev–Trinajstić information content (AvgIpc) is 2.27. The third-order valence-electron chi connectivity index (χ3n) is 2.07. The highest BCUT2D eigenvalue weighted by Crippen LogP contribution is 2.23. The third-order valence-corrected chi connectivity index (χ3v) is 2.72. The summed E-state index contributed by atoms with van der Waals surface area (Å²) in [5.74, 6) is 0.351. The number of nitrogens with one attached hydrogen (secondary N) is 1. The molecule has 0 bridgehead atoms. The SMILES string of the molecule is CC(C)(CO)NC(=O)COc1ccccc1Br. The van der Waals surface area contributed by atoms with Crippen molar-refractivity contribution < 1.29 is 14.6 Å². The fourth-order valence-corrected chi connectivity index (χ4v) is 1.56. The molecule has 0 saturated heterocycles. The molecule has 94 valence electrons. The Hall–Kier alpha value is -1.07. The van der Waals surface area contributed by atoms with Gasteiger partial charge in [0.05, 0.1) is 16.6 Å². The number of hydrogen-bond acceptors (Lipinski definition) is 3. The van der Waals surface area contributed by atoms with Gasteiger partial charge in [-0.1, -0.05) is 12.1 Å². The fourth-order valence-electron chi connectivity index (χ4n) is 1.16. The van der Waals surface area contributed by atoms with Gasteiger partial charge in [-0.25, -0.2) is 0 Å². The van der Waals surface area contributed by atoms with E-state index in [1.54, 1.807) is 19.9 Å². The number of aliphatic hydroxyl groups is 1. The molecular formula is C12H16BrNO3. The maximum Gasteiger partial charge on any atom is 0.258 e. The first-order chi connectivity index (χ1) is 7.94. The highest BCUT2D eigenvalue weighted by Gasteiger charge is 2.19. The van der Waals surface area contributed by atoms with Gasteiger partial charge in [-0.15, -0.1) is 0 Å². The molecule has 0 atom stereocenters. The second-order valence-corrected chi connectivity index (χ2v) is 5.16. The van der Waals surface area contributed by atoms with E-state index < -0.39 is 5.54 Å². The topological polar surface area (TPSA) is 58.6 Å². The zero-order valence-electron chi connectivity index (χ0n) is 9.87. The van der Waals surface area contributed by atoms with E-state index in [1.807, 2.05) is 18.2 Å². The molecule has 1 aromatic rings. The minimum Gasteiger partial charge on any atom is -0.483 e. The van der Waals surface area contributed by atoms with Crippen molar-refractivity contribution in [2.24, 2.45) is 0 Å². The molecule has 0 aliphatic carbocycles. The fraction of sp³-hybridized carbons (Fsp3) is 0.417. The Kier molecular flexibility index (Phi) is 4.96. The average molecular weight is 302 g/mol. The van der Waals surface area contributed by atoms with Crippen molar-refractivity contribution >= 4 is 21.8 Å². The molecule has 0 saturated carbocycles. The second kappa shape index (κ2) is 6.02. The van der Waals surface area contributed by atoms with Gasteiger partial charge in [-0.3, -0.25) is 4.79 Å². The van der Waals surface area contributed by atoms with E-state index in [1.165, 1.54) is 0 Å². The monoisotopic (exact) mass is 301 g/mol. The van der Waals surface area contributed by atoms with Crippen LogP contribution in [0.5, 0.6) is 5.75 Å². The number of ether oxygens (including phenoxy) is 1. The van der Waals surface area contributed by atoms with E-state index >= 15 is 0 Å². The number of aliphatic hydroxyl groups excluding tert-OH is 1. The van der Waals surface area contributed by atoms with Crippen LogP contribution in [0.15, 0.2) is 28.7 Å². The Balaban J connectivity index is 2.47. The molecule has 1 amide bonds. The van der Waals surface area contributed by atoms with Crippen LogP contribution in [0.25, 0.3) is 0 Å². The summed E-state index contributed by atoms with van der Waals surface area (Å²) in [4.78, 5) is 11.5. The van der Waals surface area contributed by atoms with Crippen LogP contribution in [0.3, 0.4) is 0 Å². The molecule has 1 rings (SSSR count). The van der Waals surface area contributed by atoms with E-state index in [0.717, 1.165) is 4.47 Å². The van der Waals surface area contributed by atoms with Crippen molar-refractivity contribution in [2.45, 2.75) is 19.4 Å². The van der Waals surface area contributed by atoms with Crippen LogP contribution in [0.1, 0.15) is 13.8 Å². The predicted octanol–water partition coefficient (Wildman–Crippen LogP) is 1.71. The smallest absolute Gasteiger partial charge is 0.258 e. The number of halogens is 1. The molecule has 5 heteroatoms. The molecule has 1 aromatic carbocycles. The van der Waals surface area contributed by atoms with Crippen molar-refractivity contribution in [3.05, 3.63) is 28.7 Å². The van der Waals surface area contributed by atoms with Crippen LogP contribution in [0.4, 0.5) is 0 Å². The lowest BCUT2D eigenvalue weighted by atomic mass is 10.1. The van der Waals surface area contributed by atoms with Crippen LogP contribution < -0.4 is 10.1 Å². The minimum absolute atomic E-state index is 0.0773. The molecule has 0 aliphatic rings. The van der Waals surface area contributed by atoms with Gasteiger partial charge in [0.25, 0.3) is 5.91 Å². The second-order valence-electron chi connectivity index (χ2n) is 4.31. The van der Waals surface area contributed by atoms with E-state index in [0.29, 0.717) is 5.75 Å². The molecule has 4 nitrogen and oxygen atoms in total. The Morgan fingerprint density at radius 3 is 2.71 bits per heavy atom. The quantitative estimate of drug-likeness (QED) is 0.870. The molecule has 0 aliphatic heterocycles. The maximum absolute atomic E-state index is 11.5. The number of amides is 1. The van der Waals surface area contributed by atoms with Crippen molar-refractivity contribution in [3.63, 3.8) is 0 Å². The maximum atomic E-state index is 11.5. The summed E-state index contributed by atoms with van der Waals surface area (Å²) in [5, 5.41) is 11.7. The third kappa shape index (κ3) is 4.75. The summed E-state index contributed by atoms with van der Waals surface area (Å²) in [7, 11) is 0. The molecule has 0 unspecified atom stereocenters. The zero-order chi connectivity index (χ0) is 12.9. The van der Waals surface area contributed by atoms with Gasteiger partial charge in [0.2, 0.25) is 0 Å². The first-order valence-corrected chi connectivity index (χ1v) is 6.03. The van der Waals surface area contributed by atoms with Gasteiger partial charge in [-0.2, -0.15) is 0 Å². The van der Waals surface area contributed by atoms with Gasteiger partial charge < -0.3 is 15.2 Å². The number of benzene rings is 1. The molecule has 0 fully saturated rings. The summed E-state index contributed by atoms with van der Waals surface area (Å²) in [6, 6.07) is 7.31. The van der Waals surface area contributed by atoms with Crippen molar-refractivity contribution in [1.29, 1.82) is 0 Å². The normalized spacial score (nSPS) is 11.1. The van der Waals surface area contributed by atoms with Gasteiger partial charge in [0, 0.05) is 0 Å². The predicted molar refractivity (Wildman–Crippen MR) is 68.9 cm³/mol. The van der Waals surface area contributed by atoms with Gasteiger partial charge >= 0.3 is 0 Å². The van der Waals surface area contributed by atoms with Crippen LogP contribution in [-0.2, 0) is 4.79 Å². The Morgan fingerprint density at radius 2 is 2.12 bits per heavy atom. The van der Waals surface area contributed by atoms with Crippen molar-refractivity contribution in [1.82, 2.24) is 5.32 Å². The lowest BCUT2D eigenvalue weighted by Gasteiger charge is -2.23. The zero-order valence-corrected chi connectivity index (χ0v) is 11.5. The summed E-state index contributed by atoms with van der Waals surface area (Å²) >= 11 is 3.32. The summed E-state index contributed by atoms with van der Waals surface area (Å²) in [6.45, 7) is 3.28. The first-order valence-electron chi connectivity index (χ1n) is 5.24. The lowest BCUT2D eigenvalue weighted by Crippen LogP contribution is -2.48. The molecule has 17 heavy (non-hydrogen) atoms. The molecule has 0 radical (unpaired) electrons. The first kappa shape index (κ1) is 14.0. The summed E-state index contributed by atoms with van der Waals surface area (Å²) < 4.78 is 6.15. The number of carbonyl (C=O) groups excluding carboxylic acids is 1. The van der Waals surface area contributed by atoms with E-state index in [9.17, 15) is 4.79 Å². The lowest BCUT2D eigenvalue weighted by molar-refractivity contribution is -0.125. The molecule has 2 N–H and O–H groups in total. The van der Waals surface area contributed by atoms with Gasteiger partial charge in [0.15, 0.2) is 6.61 Å². The Morgan fingerprint density at radius 1 is 1.47 bits per heavy atom. The summed E-state index contributed by atoms with van der Waals surface area (Å²) in [5.41, 5.74) is -0.631. The van der Waals surface area contributed by atoms with E-state index in [4.69, 9.17) is 9.84 Å². The van der Waals surface area contributed by atoms with Gasteiger partial charge in [-0.05, 0) is 41.9 Å². The van der Waals surface area contributed by atoms with Crippen molar-refractivity contribution in [2.75, 3.05) is 13.2 Å². The molecule has 0 spiro atoms. The Labute approximate surface area is 109 Å². The van der Waals surface area contributed by atoms with Crippen LogP contribution in [0, 0.1) is 0 Å². The molecular weight excluding hydrogens is 286 g/mol. The standard InChI is InChI=1S/C12H16BrNO3/c1-12(2,8-15)14-11(16)7-17-10-6-4-3-5-9(10)13/h3-6,15H,7-8H2,1-2H3,(H,14,16). The number of hydrogen-bond donors (Lipinski definition) is 2. The summed E-state index contributed by atoms with van der Waals surface area (Å²) in [6.07, 6.45) is 0. The Bertz CT molecular complexity index is 393. The van der Waals surface area contributed by atoms with Crippen LogP contribution in [0.2, 0.25) is 0 Å². The van der Waals surface area contributed by atoms with Crippen LogP contribution in [-0.4, -0.2) is 29.8 Å². The van der Waals surface area contributed by atoms with E-state index in [2.05, 4.69) is 21.2 Å². The number of rotatable bonds is 5. The highest BCUT2D eigenvalue weighted by atomic mass is 79.9. The van der Waals surface area contributed by atoms with Crippen LogP contribution >= 0.6 is 15.9 Å². The van der Waals surface area contributed by atoms with Gasteiger partial charge in [0.1, 0.15) is 5.75 Å². The molecule has 0 aromatic heterocycles. The van der Waals surface area contributed by atoms with Crippen molar-refractivity contribution in [3.8, 4) is 5.75 Å². The highest BCUT2D eigenvalue weighted by molar-refractivity contribution is 9.10. The number of carbonyl (C=O) groups is 1.